The summed E-state index contributed by atoms with van der Waals surface area (Å²) in [5, 5.41) is 0.655. The number of hydrogen-bond acceptors (Lipinski definition) is 6. The molecule has 8 nitrogen and oxygen atoms in total. The van der Waals surface area contributed by atoms with E-state index in [1.165, 1.54) is 22.5 Å². The van der Waals surface area contributed by atoms with E-state index in [0.717, 1.165) is 12.0 Å². The summed E-state index contributed by atoms with van der Waals surface area (Å²) in [5.41, 5.74) is -0.202. The molecule has 0 atom stereocenters. The summed E-state index contributed by atoms with van der Waals surface area (Å²) in [5.74, 6) is 0.468. The standard InChI is InChI=1S/C13H18N4O4S2/c1-23(20,21)15-9-2-4-16(5-3-9)11(18)10-8-14-13-17(12(10)19)6-7-22-13/h8-9,15H,2-7H2,1H3. The number of hydrogen-bond donors (Lipinski definition) is 1. The third-order valence-electron chi connectivity index (χ3n) is 3.95. The van der Waals surface area contributed by atoms with Gasteiger partial charge in [-0.05, 0) is 12.8 Å². The molecule has 1 N–H and O–H groups in total. The molecule has 0 aromatic carbocycles. The van der Waals surface area contributed by atoms with Gasteiger partial charge >= 0.3 is 0 Å². The molecule has 10 heteroatoms. The Morgan fingerprint density at radius 2 is 2.04 bits per heavy atom. The number of carbonyl (C=O) groups excluding carboxylic acids is 1. The van der Waals surface area contributed by atoms with Gasteiger partial charge in [-0.1, -0.05) is 11.8 Å². The van der Waals surface area contributed by atoms with Crippen molar-refractivity contribution in [3.05, 3.63) is 22.1 Å². The Balaban J connectivity index is 1.70. The lowest BCUT2D eigenvalue weighted by Gasteiger charge is -2.31. The minimum Gasteiger partial charge on any atom is -0.338 e. The fourth-order valence-electron chi connectivity index (χ4n) is 2.84. The number of amides is 1. The van der Waals surface area contributed by atoms with Crippen molar-refractivity contribution in [2.24, 2.45) is 0 Å². The number of rotatable bonds is 3. The number of aromatic nitrogens is 2. The van der Waals surface area contributed by atoms with E-state index in [1.54, 1.807) is 4.90 Å². The van der Waals surface area contributed by atoms with Crippen molar-refractivity contribution in [1.29, 1.82) is 0 Å². The number of likely N-dealkylation sites (tertiary alicyclic amines) is 1. The Bertz CT molecular complexity index is 782. The lowest BCUT2D eigenvalue weighted by Crippen LogP contribution is -2.47. The molecule has 126 valence electrons. The molecule has 3 rings (SSSR count). The van der Waals surface area contributed by atoms with E-state index >= 15 is 0 Å². The van der Waals surface area contributed by atoms with Crippen molar-refractivity contribution in [2.75, 3.05) is 25.1 Å². The Morgan fingerprint density at radius 3 is 2.70 bits per heavy atom. The number of carbonyl (C=O) groups is 1. The summed E-state index contributed by atoms with van der Waals surface area (Å²) in [6, 6.07) is -0.162. The van der Waals surface area contributed by atoms with E-state index in [0.29, 0.717) is 37.6 Å². The zero-order valence-electron chi connectivity index (χ0n) is 12.7. The van der Waals surface area contributed by atoms with Crippen LogP contribution < -0.4 is 10.3 Å². The molecule has 1 amide bonds. The first-order valence-electron chi connectivity index (χ1n) is 7.34. The summed E-state index contributed by atoms with van der Waals surface area (Å²) < 4.78 is 26.6. The highest BCUT2D eigenvalue weighted by Gasteiger charge is 2.28. The molecule has 1 aromatic heterocycles. The Hall–Kier alpha value is -1.39. The first-order valence-corrected chi connectivity index (χ1v) is 10.2. The van der Waals surface area contributed by atoms with E-state index in [1.807, 2.05) is 0 Å². The fourth-order valence-corrected chi connectivity index (χ4v) is 4.59. The molecule has 0 spiro atoms. The largest absolute Gasteiger partial charge is 0.338 e. The van der Waals surface area contributed by atoms with Crippen LogP contribution in [-0.2, 0) is 16.6 Å². The minimum absolute atomic E-state index is 0.0887. The number of nitrogens with zero attached hydrogens (tertiary/aromatic N) is 3. The van der Waals surface area contributed by atoms with Crippen LogP contribution in [0, 0.1) is 0 Å². The van der Waals surface area contributed by atoms with Crippen LogP contribution in [-0.4, -0.2) is 59.9 Å². The van der Waals surface area contributed by atoms with Crippen LogP contribution in [0.5, 0.6) is 0 Å². The molecular formula is C13H18N4O4S2. The number of nitrogens with one attached hydrogen (secondary N) is 1. The fraction of sp³-hybridized carbons (Fsp3) is 0.615. The van der Waals surface area contributed by atoms with Crippen LogP contribution in [0.25, 0.3) is 0 Å². The van der Waals surface area contributed by atoms with Crippen LogP contribution in [0.1, 0.15) is 23.2 Å². The highest BCUT2D eigenvalue weighted by Crippen LogP contribution is 2.21. The van der Waals surface area contributed by atoms with Crippen molar-refractivity contribution >= 4 is 27.7 Å². The smallest absolute Gasteiger partial charge is 0.267 e. The number of piperidine rings is 1. The van der Waals surface area contributed by atoms with E-state index in [4.69, 9.17) is 0 Å². The molecule has 0 saturated carbocycles. The topological polar surface area (TPSA) is 101 Å². The highest BCUT2D eigenvalue weighted by molar-refractivity contribution is 7.99. The quantitative estimate of drug-likeness (QED) is 0.731. The van der Waals surface area contributed by atoms with Gasteiger partial charge in [-0.25, -0.2) is 18.1 Å². The molecule has 0 radical (unpaired) electrons. The Labute approximate surface area is 138 Å². The Morgan fingerprint density at radius 1 is 1.35 bits per heavy atom. The van der Waals surface area contributed by atoms with Crippen molar-refractivity contribution in [1.82, 2.24) is 19.2 Å². The summed E-state index contributed by atoms with van der Waals surface area (Å²) >= 11 is 1.51. The summed E-state index contributed by atoms with van der Waals surface area (Å²) in [4.78, 5) is 30.7. The van der Waals surface area contributed by atoms with Crippen LogP contribution in [0.15, 0.2) is 16.1 Å². The second-order valence-corrected chi connectivity index (χ2v) is 8.56. The Kier molecular flexibility index (Phi) is 4.47. The van der Waals surface area contributed by atoms with Gasteiger partial charge in [0, 0.05) is 37.6 Å². The van der Waals surface area contributed by atoms with Gasteiger partial charge in [-0.3, -0.25) is 14.2 Å². The van der Waals surface area contributed by atoms with Gasteiger partial charge in [0.1, 0.15) is 5.56 Å². The normalized spacial score (nSPS) is 18.9. The molecular weight excluding hydrogens is 340 g/mol. The zero-order chi connectivity index (χ0) is 16.6. The molecule has 3 heterocycles. The zero-order valence-corrected chi connectivity index (χ0v) is 14.3. The lowest BCUT2D eigenvalue weighted by molar-refractivity contribution is 0.0708. The van der Waals surface area contributed by atoms with Gasteiger partial charge in [0.2, 0.25) is 10.0 Å². The molecule has 23 heavy (non-hydrogen) atoms. The first kappa shape index (κ1) is 16.5. The molecule has 1 saturated heterocycles. The van der Waals surface area contributed by atoms with Gasteiger partial charge < -0.3 is 4.90 Å². The summed E-state index contributed by atoms with van der Waals surface area (Å²) in [6.45, 7) is 1.41. The van der Waals surface area contributed by atoms with Crippen molar-refractivity contribution in [3.8, 4) is 0 Å². The van der Waals surface area contributed by atoms with Crippen LogP contribution in [0.4, 0.5) is 0 Å². The third-order valence-corrected chi connectivity index (χ3v) is 5.68. The van der Waals surface area contributed by atoms with Crippen molar-refractivity contribution in [3.63, 3.8) is 0 Å². The van der Waals surface area contributed by atoms with Gasteiger partial charge in [0.25, 0.3) is 11.5 Å². The maximum atomic E-state index is 12.5. The average molecular weight is 358 g/mol. The molecule has 0 bridgehead atoms. The summed E-state index contributed by atoms with van der Waals surface area (Å²) in [6.07, 6.45) is 3.55. The number of fused-ring (bicyclic) bond motifs is 1. The van der Waals surface area contributed by atoms with Crippen LogP contribution in [0.2, 0.25) is 0 Å². The lowest BCUT2D eigenvalue weighted by atomic mass is 10.1. The molecule has 1 fully saturated rings. The van der Waals surface area contributed by atoms with E-state index in [-0.39, 0.29) is 23.1 Å². The van der Waals surface area contributed by atoms with E-state index in [2.05, 4.69) is 9.71 Å². The van der Waals surface area contributed by atoms with Gasteiger partial charge in [-0.2, -0.15) is 0 Å². The maximum absolute atomic E-state index is 12.5. The van der Waals surface area contributed by atoms with Crippen LogP contribution in [0.3, 0.4) is 0 Å². The number of thioether (sulfide) groups is 1. The van der Waals surface area contributed by atoms with Gasteiger partial charge in [-0.15, -0.1) is 0 Å². The second kappa shape index (κ2) is 6.25. The minimum atomic E-state index is -3.25. The third kappa shape index (κ3) is 3.59. The predicted octanol–water partition coefficient (Wildman–Crippen LogP) is -0.497. The van der Waals surface area contributed by atoms with Crippen molar-refractivity contribution < 1.29 is 13.2 Å². The molecule has 2 aliphatic heterocycles. The van der Waals surface area contributed by atoms with Gasteiger partial charge in [0.15, 0.2) is 5.16 Å². The average Bonchev–Trinajstić information content (AvgIpc) is 2.95. The molecule has 0 aliphatic carbocycles. The summed E-state index contributed by atoms with van der Waals surface area (Å²) in [7, 11) is -3.25. The molecule has 1 aromatic rings. The second-order valence-electron chi connectivity index (χ2n) is 5.72. The SMILES string of the molecule is CS(=O)(=O)NC1CCN(C(=O)c2cnc3n(c2=O)CCS3)CC1. The molecule has 0 unspecified atom stereocenters. The van der Waals surface area contributed by atoms with Gasteiger partial charge in [0.05, 0.1) is 6.26 Å². The van der Waals surface area contributed by atoms with E-state index < -0.39 is 10.0 Å². The molecule has 2 aliphatic rings. The van der Waals surface area contributed by atoms with Crippen molar-refractivity contribution in [2.45, 2.75) is 30.6 Å². The predicted molar refractivity (Wildman–Crippen MR) is 86.1 cm³/mol. The number of sulfonamides is 1. The maximum Gasteiger partial charge on any atom is 0.267 e. The highest BCUT2D eigenvalue weighted by atomic mass is 32.2. The van der Waals surface area contributed by atoms with E-state index in [9.17, 15) is 18.0 Å². The monoisotopic (exact) mass is 358 g/mol. The first-order chi connectivity index (χ1) is 10.8. The van der Waals surface area contributed by atoms with Crippen LogP contribution >= 0.6 is 11.8 Å².